The van der Waals surface area contributed by atoms with E-state index in [1.807, 2.05) is 24.3 Å². The Balaban J connectivity index is 1.32. The number of anilines is 2. The quantitative estimate of drug-likeness (QED) is 0.370. The van der Waals surface area contributed by atoms with Crippen LogP contribution in [0.15, 0.2) is 53.9 Å². The summed E-state index contributed by atoms with van der Waals surface area (Å²) in [5.74, 6) is 0.0767. The second-order valence-electron chi connectivity index (χ2n) is 6.72. The molecule has 3 aromatic rings. The molecule has 1 aliphatic rings. The fourth-order valence-electron chi connectivity index (χ4n) is 3.05. The summed E-state index contributed by atoms with van der Waals surface area (Å²) in [5.41, 5.74) is 3.27. The summed E-state index contributed by atoms with van der Waals surface area (Å²) in [6, 6.07) is 11.2. The molecule has 9 heteroatoms. The number of pyridine rings is 1. The SMILES string of the molecule is O=C(CCC1CC(c2ccc(Nc3c(Cl)cncc3Cl)cc2)=NO1)c1ccc(Cl)s1. The van der Waals surface area contributed by atoms with E-state index in [1.54, 1.807) is 12.1 Å². The summed E-state index contributed by atoms with van der Waals surface area (Å²) in [4.78, 5) is 22.4. The van der Waals surface area contributed by atoms with Gasteiger partial charge in [-0.1, -0.05) is 52.1 Å². The van der Waals surface area contributed by atoms with Gasteiger partial charge in [-0.15, -0.1) is 11.3 Å². The van der Waals surface area contributed by atoms with E-state index in [-0.39, 0.29) is 11.9 Å². The Morgan fingerprint density at radius 1 is 1.10 bits per heavy atom. The number of nitrogens with one attached hydrogen (secondary N) is 1. The van der Waals surface area contributed by atoms with Crippen LogP contribution in [-0.2, 0) is 4.84 Å². The van der Waals surface area contributed by atoms with Gasteiger partial charge < -0.3 is 10.2 Å². The number of oxime groups is 1. The summed E-state index contributed by atoms with van der Waals surface area (Å²) < 4.78 is 0.618. The number of rotatable bonds is 7. The van der Waals surface area contributed by atoms with Crippen LogP contribution in [0.5, 0.6) is 0 Å². The van der Waals surface area contributed by atoms with Crippen LogP contribution in [0, 0.1) is 0 Å². The number of ketones is 1. The molecule has 1 N–H and O–H groups in total. The Bertz CT molecular complexity index is 1080. The minimum atomic E-state index is -0.105. The first kappa shape index (κ1) is 21.1. The van der Waals surface area contributed by atoms with Gasteiger partial charge in [-0.05, 0) is 36.2 Å². The number of hydrogen-bond donors (Lipinski definition) is 1. The molecule has 4 rings (SSSR count). The van der Waals surface area contributed by atoms with Gasteiger partial charge in [-0.2, -0.15) is 0 Å². The average Bonchev–Trinajstić information content (AvgIpc) is 3.39. The Labute approximate surface area is 192 Å². The molecular weight excluding hydrogens is 465 g/mol. The molecule has 0 fully saturated rings. The number of benzene rings is 1. The lowest BCUT2D eigenvalue weighted by atomic mass is 10.0. The lowest BCUT2D eigenvalue weighted by Crippen LogP contribution is -2.11. The summed E-state index contributed by atoms with van der Waals surface area (Å²) >= 11 is 19.5. The van der Waals surface area contributed by atoms with E-state index in [2.05, 4.69) is 15.5 Å². The monoisotopic (exact) mass is 479 g/mol. The predicted molar refractivity (Wildman–Crippen MR) is 123 cm³/mol. The molecule has 1 atom stereocenters. The lowest BCUT2D eigenvalue weighted by Gasteiger charge is -2.10. The van der Waals surface area contributed by atoms with E-state index < -0.39 is 0 Å². The number of carbonyl (C=O) groups excluding carboxylic acids is 1. The third kappa shape index (κ3) is 4.95. The van der Waals surface area contributed by atoms with E-state index in [4.69, 9.17) is 39.6 Å². The standard InChI is InChI=1S/C21H16Cl3N3O2S/c22-15-10-25-11-16(23)21(15)26-13-3-1-12(2-4-13)17-9-14(29-27-17)5-6-18(28)19-7-8-20(24)30-19/h1-4,7-8,10-11,14H,5-6,9H2,(H,25,26). The summed E-state index contributed by atoms with van der Waals surface area (Å²) in [6.07, 6.45) is 4.64. The summed E-state index contributed by atoms with van der Waals surface area (Å²) in [6.45, 7) is 0. The molecule has 0 bridgehead atoms. The van der Waals surface area contributed by atoms with Crippen molar-refractivity contribution in [1.29, 1.82) is 0 Å². The van der Waals surface area contributed by atoms with Crippen LogP contribution in [0.2, 0.25) is 14.4 Å². The van der Waals surface area contributed by atoms with Crippen molar-refractivity contribution in [2.45, 2.75) is 25.4 Å². The molecule has 0 spiro atoms. The van der Waals surface area contributed by atoms with Gasteiger partial charge in [-0.3, -0.25) is 9.78 Å². The van der Waals surface area contributed by atoms with Crippen molar-refractivity contribution in [2.24, 2.45) is 5.16 Å². The first-order valence-electron chi connectivity index (χ1n) is 9.17. The van der Waals surface area contributed by atoms with E-state index in [0.717, 1.165) is 17.0 Å². The Morgan fingerprint density at radius 2 is 1.83 bits per heavy atom. The van der Waals surface area contributed by atoms with Gasteiger partial charge in [0.2, 0.25) is 0 Å². The van der Waals surface area contributed by atoms with E-state index in [9.17, 15) is 4.79 Å². The summed E-state index contributed by atoms with van der Waals surface area (Å²) in [7, 11) is 0. The van der Waals surface area contributed by atoms with Crippen molar-refractivity contribution in [3.05, 3.63) is 73.6 Å². The second-order valence-corrected chi connectivity index (χ2v) is 9.25. The number of aromatic nitrogens is 1. The molecule has 0 aliphatic carbocycles. The maximum atomic E-state index is 12.2. The van der Waals surface area contributed by atoms with Crippen molar-refractivity contribution in [3.63, 3.8) is 0 Å². The zero-order chi connectivity index (χ0) is 21.1. The minimum Gasteiger partial charge on any atom is -0.392 e. The molecule has 154 valence electrons. The van der Waals surface area contributed by atoms with E-state index >= 15 is 0 Å². The number of thiophene rings is 1. The fraction of sp³-hybridized carbons (Fsp3) is 0.190. The maximum absolute atomic E-state index is 12.2. The first-order valence-corrected chi connectivity index (χ1v) is 11.1. The smallest absolute Gasteiger partial charge is 0.172 e. The van der Waals surface area contributed by atoms with Gasteiger partial charge in [0.1, 0.15) is 6.10 Å². The Kier molecular flexibility index (Phi) is 6.58. The third-order valence-corrected chi connectivity index (χ3v) is 6.46. The fourth-order valence-corrected chi connectivity index (χ4v) is 4.52. The van der Waals surface area contributed by atoms with Gasteiger partial charge in [0, 0.05) is 30.9 Å². The first-order chi connectivity index (χ1) is 14.5. The molecule has 0 radical (unpaired) electrons. The van der Waals surface area contributed by atoms with Crippen LogP contribution in [0.1, 0.15) is 34.5 Å². The predicted octanol–water partition coefficient (Wildman–Crippen LogP) is 7.00. The van der Waals surface area contributed by atoms with Crippen LogP contribution in [-0.4, -0.2) is 22.6 Å². The van der Waals surface area contributed by atoms with Crippen molar-refractivity contribution in [3.8, 4) is 0 Å². The Hall–Kier alpha value is -2.12. The van der Waals surface area contributed by atoms with Gasteiger partial charge >= 0.3 is 0 Å². The van der Waals surface area contributed by atoms with Crippen LogP contribution in [0.4, 0.5) is 11.4 Å². The molecule has 1 unspecified atom stereocenters. The largest absolute Gasteiger partial charge is 0.392 e. The normalized spacial score (nSPS) is 15.6. The molecule has 0 saturated heterocycles. The van der Waals surface area contributed by atoms with Crippen molar-refractivity contribution >= 4 is 69.0 Å². The number of Topliss-reactive ketones (excluding diaryl/α,β-unsaturated/α-hetero) is 1. The van der Waals surface area contributed by atoms with Crippen LogP contribution < -0.4 is 5.32 Å². The highest BCUT2D eigenvalue weighted by atomic mass is 35.5. The zero-order valence-corrected chi connectivity index (χ0v) is 18.7. The van der Waals surface area contributed by atoms with E-state index in [1.165, 1.54) is 23.7 Å². The highest BCUT2D eigenvalue weighted by Crippen LogP contribution is 2.32. The van der Waals surface area contributed by atoms with Gasteiger partial charge in [0.15, 0.2) is 5.78 Å². The number of nitrogens with zero attached hydrogens (tertiary/aromatic N) is 2. The highest BCUT2D eigenvalue weighted by molar-refractivity contribution is 7.18. The van der Waals surface area contributed by atoms with E-state index in [0.29, 0.717) is 44.2 Å². The summed E-state index contributed by atoms with van der Waals surface area (Å²) in [5, 5.41) is 8.29. The third-order valence-electron chi connectivity index (χ3n) is 4.62. The molecule has 5 nitrogen and oxygen atoms in total. The van der Waals surface area contributed by atoms with Gasteiger partial charge in [0.05, 0.1) is 30.7 Å². The second kappa shape index (κ2) is 9.35. The van der Waals surface area contributed by atoms with Crippen molar-refractivity contribution in [2.75, 3.05) is 5.32 Å². The van der Waals surface area contributed by atoms with Crippen LogP contribution in [0.3, 0.4) is 0 Å². The molecular formula is C21H16Cl3N3O2S. The van der Waals surface area contributed by atoms with Crippen LogP contribution >= 0.6 is 46.1 Å². The molecule has 3 heterocycles. The zero-order valence-electron chi connectivity index (χ0n) is 15.6. The molecule has 1 aliphatic heterocycles. The maximum Gasteiger partial charge on any atom is 0.172 e. The topological polar surface area (TPSA) is 63.6 Å². The number of hydrogen-bond acceptors (Lipinski definition) is 6. The lowest BCUT2D eigenvalue weighted by molar-refractivity contribution is 0.0720. The van der Waals surface area contributed by atoms with Crippen LogP contribution in [0.25, 0.3) is 0 Å². The molecule has 0 saturated carbocycles. The number of halogens is 3. The van der Waals surface area contributed by atoms with Gasteiger partial charge in [-0.25, -0.2) is 0 Å². The van der Waals surface area contributed by atoms with Gasteiger partial charge in [0.25, 0.3) is 0 Å². The van der Waals surface area contributed by atoms with Crippen molar-refractivity contribution in [1.82, 2.24) is 4.98 Å². The minimum absolute atomic E-state index is 0.0767. The van der Waals surface area contributed by atoms with Crippen molar-refractivity contribution < 1.29 is 9.63 Å². The average molecular weight is 481 g/mol. The molecule has 30 heavy (non-hydrogen) atoms. The highest BCUT2D eigenvalue weighted by Gasteiger charge is 2.23. The molecule has 0 amide bonds. The number of carbonyl (C=O) groups is 1. The Morgan fingerprint density at radius 3 is 2.50 bits per heavy atom. The molecule has 2 aromatic heterocycles. The molecule has 1 aromatic carbocycles.